The van der Waals surface area contributed by atoms with E-state index in [9.17, 15) is 19.7 Å². The number of carbonyl (C=O) groups is 2. The molecular weight excluding hydrogens is 364 g/mol. The number of halogens is 1. The number of benzene rings is 1. The summed E-state index contributed by atoms with van der Waals surface area (Å²) in [6.45, 7) is 1.78. The fraction of sp³-hybridized carbons (Fsp3) is 0.188. The van der Waals surface area contributed by atoms with E-state index in [1.807, 2.05) is 0 Å². The monoisotopic (exact) mass is 378 g/mol. The fourth-order valence-corrected chi connectivity index (χ4v) is 2.09. The molecule has 136 valence electrons. The van der Waals surface area contributed by atoms with Gasteiger partial charge in [-0.05, 0) is 30.7 Å². The maximum atomic E-state index is 11.9. The van der Waals surface area contributed by atoms with Gasteiger partial charge in [0.2, 0.25) is 11.8 Å². The van der Waals surface area contributed by atoms with Crippen molar-refractivity contribution in [3.63, 3.8) is 0 Å². The van der Waals surface area contributed by atoms with Gasteiger partial charge in [-0.2, -0.15) is 5.10 Å². The molecule has 0 atom stereocenters. The Balaban J connectivity index is 1.77. The zero-order chi connectivity index (χ0) is 19.1. The van der Waals surface area contributed by atoms with E-state index in [1.165, 1.54) is 12.1 Å². The van der Waals surface area contributed by atoms with Crippen molar-refractivity contribution in [2.24, 2.45) is 5.10 Å². The molecule has 0 spiro atoms. The van der Waals surface area contributed by atoms with Crippen molar-refractivity contribution in [2.75, 3.05) is 5.32 Å². The molecule has 1 aromatic carbocycles. The van der Waals surface area contributed by atoms with Crippen LogP contribution < -0.4 is 10.7 Å². The molecule has 0 saturated carbocycles. The molecule has 2 N–H and O–H groups in total. The Kier molecular flexibility index (Phi) is 6.45. The van der Waals surface area contributed by atoms with Crippen LogP contribution >= 0.6 is 11.6 Å². The lowest BCUT2D eigenvalue weighted by molar-refractivity contribution is -0.402. The molecule has 0 aliphatic heterocycles. The van der Waals surface area contributed by atoms with Gasteiger partial charge in [-0.15, -0.1) is 0 Å². The van der Waals surface area contributed by atoms with E-state index in [4.69, 9.17) is 16.0 Å². The molecule has 0 unspecified atom stereocenters. The summed E-state index contributed by atoms with van der Waals surface area (Å²) >= 11 is 5.98. The minimum Gasteiger partial charge on any atom is -0.400 e. The molecule has 0 aliphatic carbocycles. The fourth-order valence-electron chi connectivity index (χ4n) is 1.92. The largest absolute Gasteiger partial charge is 0.433 e. The van der Waals surface area contributed by atoms with Gasteiger partial charge < -0.3 is 9.73 Å². The van der Waals surface area contributed by atoms with Gasteiger partial charge in [0, 0.05) is 23.6 Å². The van der Waals surface area contributed by atoms with E-state index >= 15 is 0 Å². The highest BCUT2D eigenvalue weighted by Gasteiger charge is 2.11. The van der Waals surface area contributed by atoms with Gasteiger partial charge >= 0.3 is 5.88 Å². The molecule has 9 nitrogen and oxygen atoms in total. The molecule has 0 radical (unpaired) electrons. The van der Waals surface area contributed by atoms with E-state index in [1.54, 1.807) is 25.1 Å². The Morgan fingerprint density at radius 1 is 1.27 bits per heavy atom. The van der Waals surface area contributed by atoms with Gasteiger partial charge in [0.1, 0.15) is 4.92 Å². The normalized spacial score (nSPS) is 10.7. The van der Waals surface area contributed by atoms with Gasteiger partial charge in [0.25, 0.3) is 0 Å². The molecule has 26 heavy (non-hydrogen) atoms. The molecule has 0 bridgehead atoms. The maximum Gasteiger partial charge on any atom is 0.433 e. The highest BCUT2D eigenvalue weighted by Crippen LogP contribution is 2.23. The quantitative estimate of drug-likeness (QED) is 0.435. The Labute approximate surface area is 153 Å². The van der Waals surface area contributed by atoms with Crippen molar-refractivity contribution in [2.45, 2.75) is 19.8 Å². The topological polar surface area (TPSA) is 127 Å². The van der Waals surface area contributed by atoms with E-state index in [-0.39, 0.29) is 24.5 Å². The van der Waals surface area contributed by atoms with Crippen LogP contribution in [0.2, 0.25) is 5.02 Å². The highest BCUT2D eigenvalue weighted by atomic mass is 35.5. The van der Waals surface area contributed by atoms with E-state index < -0.39 is 16.7 Å². The molecule has 10 heteroatoms. The average Bonchev–Trinajstić information content (AvgIpc) is 3.06. The smallest absolute Gasteiger partial charge is 0.400 e. The van der Waals surface area contributed by atoms with Gasteiger partial charge in [-0.25, -0.2) is 5.43 Å². The summed E-state index contributed by atoms with van der Waals surface area (Å²) in [5.41, 5.74) is 3.53. The first-order chi connectivity index (χ1) is 12.4. The van der Waals surface area contributed by atoms with Gasteiger partial charge in [-0.3, -0.25) is 19.7 Å². The predicted octanol–water partition coefficient (Wildman–Crippen LogP) is 3.02. The van der Waals surface area contributed by atoms with Crippen LogP contribution in [0, 0.1) is 17.0 Å². The summed E-state index contributed by atoms with van der Waals surface area (Å²) < 4.78 is 4.84. The van der Waals surface area contributed by atoms with Gasteiger partial charge in [0.05, 0.1) is 12.3 Å². The molecule has 2 rings (SSSR count). The second-order valence-corrected chi connectivity index (χ2v) is 5.59. The molecule has 0 fully saturated rings. The summed E-state index contributed by atoms with van der Waals surface area (Å²) in [4.78, 5) is 33.3. The summed E-state index contributed by atoms with van der Waals surface area (Å²) in [5.74, 6) is -1.13. The van der Waals surface area contributed by atoms with Crippen LogP contribution in [0.25, 0.3) is 0 Å². The number of amides is 2. The number of nitrogens with zero attached hydrogens (tertiary/aromatic N) is 2. The van der Waals surface area contributed by atoms with E-state index in [2.05, 4.69) is 15.8 Å². The van der Waals surface area contributed by atoms with Crippen molar-refractivity contribution in [3.8, 4) is 0 Å². The number of hydrazone groups is 1. The van der Waals surface area contributed by atoms with Crippen LogP contribution in [-0.4, -0.2) is 23.0 Å². The lowest BCUT2D eigenvalue weighted by Gasteiger charge is -2.09. The third kappa shape index (κ3) is 5.42. The summed E-state index contributed by atoms with van der Waals surface area (Å²) in [6, 6.07) is 7.66. The first kappa shape index (κ1) is 19.1. The third-order valence-electron chi connectivity index (χ3n) is 3.29. The first-order valence-electron chi connectivity index (χ1n) is 7.48. The van der Waals surface area contributed by atoms with E-state index in [0.29, 0.717) is 10.7 Å². The zero-order valence-electron chi connectivity index (χ0n) is 13.7. The van der Waals surface area contributed by atoms with Crippen LogP contribution in [-0.2, 0) is 9.59 Å². The maximum absolute atomic E-state index is 11.9. The van der Waals surface area contributed by atoms with Crippen LogP contribution in [0.5, 0.6) is 0 Å². The number of anilines is 1. The average molecular weight is 379 g/mol. The van der Waals surface area contributed by atoms with Crippen LogP contribution in [0.15, 0.2) is 39.9 Å². The second kappa shape index (κ2) is 8.77. The highest BCUT2D eigenvalue weighted by molar-refractivity contribution is 6.31. The standard InChI is InChI=1S/C16H15ClN4O5/c1-10-12(17)3-2-4-13(10)19-14(22)6-7-15(23)20-18-9-11-5-8-16(26-11)21(24)25/h2-5,8-9H,6-7H2,1H3,(H,19,22)(H,20,23). The lowest BCUT2D eigenvalue weighted by Crippen LogP contribution is -2.20. The van der Waals surface area contributed by atoms with Crippen LogP contribution in [0.1, 0.15) is 24.2 Å². The Morgan fingerprint density at radius 3 is 2.69 bits per heavy atom. The molecule has 1 heterocycles. The number of hydrogen-bond acceptors (Lipinski definition) is 6. The molecular formula is C16H15ClN4O5. The predicted molar refractivity (Wildman–Crippen MR) is 95.2 cm³/mol. The molecule has 2 aromatic rings. The summed E-state index contributed by atoms with van der Waals surface area (Å²) in [6.07, 6.45) is 1.00. The number of nitrogens with one attached hydrogen (secondary N) is 2. The minimum atomic E-state index is -0.684. The van der Waals surface area contributed by atoms with Crippen molar-refractivity contribution in [1.29, 1.82) is 0 Å². The molecule has 2 amide bonds. The van der Waals surface area contributed by atoms with Crippen LogP contribution in [0.3, 0.4) is 0 Å². The Bertz CT molecular complexity index is 862. The molecule has 0 aliphatic rings. The van der Waals surface area contributed by atoms with Crippen molar-refractivity contribution >= 4 is 41.2 Å². The van der Waals surface area contributed by atoms with Gasteiger partial charge in [0.15, 0.2) is 5.76 Å². The van der Waals surface area contributed by atoms with Gasteiger partial charge in [-0.1, -0.05) is 17.7 Å². The molecule has 0 saturated heterocycles. The van der Waals surface area contributed by atoms with Crippen LogP contribution in [0.4, 0.5) is 11.6 Å². The Morgan fingerprint density at radius 2 is 2.00 bits per heavy atom. The minimum absolute atomic E-state index is 0.0421. The zero-order valence-corrected chi connectivity index (χ0v) is 14.4. The summed E-state index contributed by atoms with van der Waals surface area (Å²) in [5, 5.41) is 17.3. The second-order valence-electron chi connectivity index (χ2n) is 5.19. The van der Waals surface area contributed by atoms with Crippen molar-refractivity contribution in [1.82, 2.24) is 5.43 Å². The lowest BCUT2D eigenvalue weighted by atomic mass is 10.2. The number of nitro groups is 1. The van der Waals surface area contributed by atoms with Crippen molar-refractivity contribution < 1.29 is 18.9 Å². The molecule has 1 aromatic heterocycles. The number of hydrogen-bond donors (Lipinski definition) is 2. The number of rotatable bonds is 7. The van der Waals surface area contributed by atoms with Crippen molar-refractivity contribution in [3.05, 3.63) is 56.8 Å². The van der Waals surface area contributed by atoms with E-state index in [0.717, 1.165) is 11.8 Å². The third-order valence-corrected chi connectivity index (χ3v) is 3.70. The first-order valence-corrected chi connectivity index (χ1v) is 7.85. The SMILES string of the molecule is Cc1c(Cl)cccc1NC(=O)CCC(=O)NN=Cc1ccc([N+](=O)[O-])o1. The number of furan rings is 1. The Hall–Kier alpha value is -3.20. The summed E-state index contributed by atoms with van der Waals surface area (Å²) in [7, 11) is 0. The number of carbonyl (C=O) groups excluding carboxylic acids is 2.